The first kappa shape index (κ1) is 11.4. The number of aryl methyl sites for hydroxylation is 1. The Balaban J connectivity index is 3.12. The summed E-state index contributed by atoms with van der Waals surface area (Å²) >= 11 is 3.32. The molecule has 0 spiro atoms. The van der Waals surface area contributed by atoms with Crippen LogP contribution in [0.1, 0.15) is 23.6 Å². The molecular formula is C11H13BrFN. The lowest BCUT2D eigenvalue weighted by molar-refractivity contribution is 0.575. The number of benzene rings is 1. The Morgan fingerprint density at radius 1 is 1.64 bits per heavy atom. The molecule has 0 saturated heterocycles. The van der Waals surface area contributed by atoms with Gasteiger partial charge in [0.15, 0.2) is 0 Å². The fourth-order valence-corrected chi connectivity index (χ4v) is 1.92. The van der Waals surface area contributed by atoms with Crippen molar-refractivity contribution in [2.75, 3.05) is 0 Å². The van der Waals surface area contributed by atoms with Gasteiger partial charge in [-0.1, -0.05) is 22.0 Å². The van der Waals surface area contributed by atoms with Crippen LogP contribution in [0.5, 0.6) is 0 Å². The summed E-state index contributed by atoms with van der Waals surface area (Å²) in [5.41, 5.74) is 6.96. The fourth-order valence-electron chi connectivity index (χ4n) is 1.33. The van der Waals surface area contributed by atoms with Crippen LogP contribution in [0.15, 0.2) is 29.3 Å². The van der Waals surface area contributed by atoms with Gasteiger partial charge in [0, 0.05) is 16.1 Å². The highest BCUT2D eigenvalue weighted by molar-refractivity contribution is 9.10. The molecule has 0 aliphatic carbocycles. The third kappa shape index (κ3) is 2.42. The van der Waals surface area contributed by atoms with Crippen LogP contribution in [0, 0.1) is 12.7 Å². The maximum atomic E-state index is 13.6. The zero-order valence-corrected chi connectivity index (χ0v) is 9.64. The Morgan fingerprint density at radius 3 is 2.86 bits per heavy atom. The van der Waals surface area contributed by atoms with Gasteiger partial charge in [-0.15, -0.1) is 6.58 Å². The van der Waals surface area contributed by atoms with Crippen molar-refractivity contribution in [3.8, 4) is 0 Å². The van der Waals surface area contributed by atoms with Gasteiger partial charge in [-0.2, -0.15) is 0 Å². The molecule has 0 heterocycles. The SMILES string of the molecule is C=CC[C@@H](N)c1cc(Br)cc(C)c1F. The van der Waals surface area contributed by atoms with E-state index in [0.29, 0.717) is 17.5 Å². The number of rotatable bonds is 3. The summed E-state index contributed by atoms with van der Waals surface area (Å²) in [6, 6.07) is 3.14. The van der Waals surface area contributed by atoms with Gasteiger partial charge >= 0.3 is 0 Å². The van der Waals surface area contributed by atoms with Crippen molar-refractivity contribution in [2.45, 2.75) is 19.4 Å². The molecule has 1 aromatic rings. The Morgan fingerprint density at radius 2 is 2.29 bits per heavy atom. The van der Waals surface area contributed by atoms with Crippen LogP contribution < -0.4 is 5.73 Å². The first-order valence-electron chi connectivity index (χ1n) is 4.38. The molecule has 1 atom stereocenters. The van der Waals surface area contributed by atoms with E-state index in [1.54, 1.807) is 25.1 Å². The van der Waals surface area contributed by atoms with E-state index < -0.39 is 0 Å². The Hall–Kier alpha value is -0.670. The first-order valence-corrected chi connectivity index (χ1v) is 5.17. The molecule has 0 fully saturated rings. The second-order valence-electron chi connectivity index (χ2n) is 3.26. The molecule has 3 heteroatoms. The normalized spacial score (nSPS) is 12.6. The zero-order chi connectivity index (χ0) is 10.7. The highest BCUT2D eigenvalue weighted by atomic mass is 79.9. The smallest absolute Gasteiger partial charge is 0.130 e. The molecule has 1 aromatic carbocycles. The minimum absolute atomic E-state index is 0.220. The summed E-state index contributed by atoms with van der Waals surface area (Å²) in [7, 11) is 0. The highest BCUT2D eigenvalue weighted by Crippen LogP contribution is 2.25. The topological polar surface area (TPSA) is 26.0 Å². The summed E-state index contributed by atoms with van der Waals surface area (Å²) < 4.78 is 14.5. The van der Waals surface area contributed by atoms with Crippen LogP contribution in [0.3, 0.4) is 0 Å². The van der Waals surface area contributed by atoms with E-state index in [4.69, 9.17) is 5.73 Å². The number of hydrogen-bond acceptors (Lipinski definition) is 1. The molecule has 0 aliphatic rings. The molecule has 0 aliphatic heterocycles. The molecule has 0 bridgehead atoms. The third-order valence-electron chi connectivity index (χ3n) is 2.07. The maximum absolute atomic E-state index is 13.6. The number of hydrogen-bond donors (Lipinski definition) is 1. The molecule has 0 unspecified atom stereocenters. The van der Waals surface area contributed by atoms with Gasteiger partial charge in [0.1, 0.15) is 5.82 Å². The average Bonchev–Trinajstić information content (AvgIpc) is 2.11. The van der Waals surface area contributed by atoms with Crippen LogP contribution in [-0.4, -0.2) is 0 Å². The predicted octanol–water partition coefficient (Wildman–Crippen LogP) is 3.47. The van der Waals surface area contributed by atoms with E-state index >= 15 is 0 Å². The molecule has 14 heavy (non-hydrogen) atoms. The molecule has 2 N–H and O–H groups in total. The minimum atomic E-state index is -0.316. The van der Waals surface area contributed by atoms with Crippen molar-refractivity contribution in [3.63, 3.8) is 0 Å². The van der Waals surface area contributed by atoms with Crippen LogP contribution in [0.2, 0.25) is 0 Å². The van der Waals surface area contributed by atoms with Crippen LogP contribution in [0.4, 0.5) is 4.39 Å². The molecule has 0 amide bonds. The van der Waals surface area contributed by atoms with E-state index in [-0.39, 0.29) is 11.9 Å². The van der Waals surface area contributed by atoms with Gasteiger partial charge in [-0.25, -0.2) is 4.39 Å². The second-order valence-corrected chi connectivity index (χ2v) is 4.17. The van der Waals surface area contributed by atoms with Gasteiger partial charge in [0.2, 0.25) is 0 Å². The molecule has 1 rings (SSSR count). The van der Waals surface area contributed by atoms with Crippen molar-refractivity contribution in [3.05, 3.63) is 46.2 Å². The summed E-state index contributed by atoms with van der Waals surface area (Å²) in [5, 5.41) is 0. The summed E-state index contributed by atoms with van der Waals surface area (Å²) in [5.74, 6) is -0.220. The standard InChI is InChI=1S/C11H13BrFN/c1-3-4-10(14)9-6-8(12)5-7(2)11(9)13/h3,5-6,10H,1,4,14H2,2H3/t10-/m1/s1. The lowest BCUT2D eigenvalue weighted by Gasteiger charge is -2.12. The van der Waals surface area contributed by atoms with E-state index in [1.165, 1.54) is 0 Å². The van der Waals surface area contributed by atoms with E-state index in [0.717, 1.165) is 4.47 Å². The van der Waals surface area contributed by atoms with Gasteiger partial charge in [0.05, 0.1) is 0 Å². The van der Waals surface area contributed by atoms with Crippen molar-refractivity contribution >= 4 is 15.9 Å². The molecule has 1 nitrogen and oxygen atoms in total. The fraction of sp³-hybridized carbons (Fsp3) is 0.273. The predicted molar refractivity (Wildman–Crippen MR) is 60.6 cm³/mol. The van der Waals surface area contributed by atoms with Gasteiger partial charge in [0.25, 0.3) is 0 Å². The monoisotopic (exact) mass is 257 g/mol. The lowest BCUT2D eigenvalue weighted by Crippen LogP contribution is -2.11. The van der Waals surface area contributed by atoms with Crippen LogP contribution in [-0.2, 0) is 0 Å². The number of nitrogens with two attached hydrogens (primary N) is 1. The highest BCUT2D eigenvalue weighted by Gasteiger charge is 2.12. The van der Waals surface area contributed by atoms with Crippen LogP contribution >= 0.6 is 15.9 Å². The Bertz CT molecular complexity index is 349. The van der Waals surface area contributed by atoms with E-state index in [9.17, 15) is 4.39 Å². The molecule has 0 aromatic heterocycles. The summed E-state index contributed by atoms with van der Waals surface area (Å²) in [6.07, 6.45) is 2.27. The van der Waals surface area contributed by atoms with Crippen LogP contribution in [0.25, 0.3) is 0 Å². The van der Waals surface area contributed by atoms with E-state index in [1.807, 2.05) is 0 Å². The third-order valence-corrected chi connectivity index (χ3v) is 2.53. The summed E-state index contributed by atoms with van der Waals surface area (Å²) in [6.45, 7) is 5.31. The molecule has 76 valence electrons. The maximum Gasteiger partial charge on any atom is 0.130 e. The zero-order valence-electron chi connectivity index (χ0n) is 8.06. The van der Waals surface area contributed by atoms with Gasteiger partial charge in [-0.05, 0) is 31.0 Å². The molecular weight excluding hydrogens is 245 g/mol. The minimum Gasteiger partial charge on any atom is -0.324 e. The largest absolute Gasteiger partial charge is 0.324 e. The Labute approximate surface area is 91.9 Å². The molecule has 0 saturated carbocycles. The quantitative estimate of drug-likeness (QED) is 0.825. The Kier molecular flexibility index (Phi) is 3.84. The average molecular weight is 258 g/mol. The van der Waals surface area contributed by atoms with Crippen molar-refractivity contribution in [1.29, 1.82) is 0 Å². The van der Waals surface area contributed by atoms with Crippen molar-refractivity contribution in [1.82, 2.24) is 0 Å². The molecule has 0 radical (unpaired) electrons. The summed E-state index contributed by atoms with van der Waals surface area (Å²) in [4.78, 5) is 0. The van der Waals surface area contributed by atoms with Crippen molar-refractivity contribution < 1.29 is 4.39 Å². The van der Waals surface area contributed by atoms with Gasteiger partial charge < -0.3 is 5.73 Å². The van der Waals surface area contributed by atoms with Crippen molar-refractivity contribution in [2.24, 2.45) is 5.73 Å². The van der Waals surface area contributed by atoms with Gasteiger partial charge in [-0.3, -0.25) is 0 Å². The number of halogens is 2. The first-order chi connectivity index (χ1) is 6.56. The lowest BCUT2D eigenvalue weighted by atomic mass is 10.0. The van der Waals surface area contributed by atoms with E-state index in [2.05, 4.69) is 22.5 Å². The second kappa shape index (κ2) is 4.71.